The van der Waals surface area contributed by atoms with E-state index in [1.807, 2.05) is 51.3 Å². The zero-order valence-electron chi connectivity index (χ0n) is 13.0. The number of anilines is 1. The monoisotopic (exact) mass is 306 g/mol. The lowest BCUT2D eigenvalue weighted by molar-refractivity contribution is -0.127. The minimum atomic E-state index is -0.270. The smallest absolute Gasteiger partial charge is 0.227 e. The van der Waals surface area contributed by atoms with E-state index in [1.54, 1.807) is 16.7 Å². The molecule has 1 aliphatic heterocycles. The normalized spacial score (nSPS) is 19.0. The van der Waals surface area contributed by atoms with E-state index >= 15 is 0 Å². The SMILES string of the molecule is CSc1ccc(N2C[C@@H](C(=O)NC(C)(C)C)CC2=O)cc1. The fourth-order valence-corrected chi connectivity index (χ4v) is 2.77. The third-order valence-electron chi connectivity index (χ3n) is 3.38. The molecule has 1 fully saturated rings. The van der Waals surface area contributed by atoms with Crippen molar-refractivity contribution < 1.29 is 9.59 Å². The van der Waals surface area contributed by atoms with Gasteiger partial charge in [-0.2, -0.15) is 0 Å². The molecule has 0 bridgehead atoms. The summed E-state index contributed by atoms with van der Waals surface area (Å²) in [5.41, 5.74) is 0.594. The molecule has 1 heterocycles. The number of carbonyl (C=O) groups excluding carboxylic acids is 2. The van der Waals surface area contributed by atoms with E-state index in [0.29, 0.717) is 6.54 Å². The van der Waals surface area contributed by atoms with Crippen molar-refractivity contribution in [1.82, 2.24) is 5.32 Å². The molecule has 0 spiro atoms. The van der Waals surface area contributed by atoms with Gasteiger partial charge < -0.3 is 10.2 Å². The first-order valence-electron chi connectivity index (χ1n) is 7.06. The minimum absolute atomic E-state index is 0.0148. The average molecular weight is 306 g/mol. The second kappa shape index (κ2) is 6.10. The average Bonchev–Trinajstić information content (AvgIpc) is 2.79. The van der Waals surface area contributed by atoms with E-state index in [2.05, 4.69) is 5.32 Å². The largest absolute Gasteiger partial charge is 0.351 e. The molecule has 1 N–H and O–H groups in total. The topological polar surface area (TPSA) is 49.4 Å². The first-order chi connectivity index (χ1) is 9.80. The Labute approximate surface area is 130 Å². The number of amides is 2. The van der Waals surface area contributed by atoms with Gasteiger partial charge in [-0.15, -0.1) is 11.8 Å². The maximum Gasteiger partial charge on any atom is 0.227 e. The minimum Gasteiger partial charge on any atom is -0.351 e. The highest BCUT2D eigenvalue weighted by molar-refractivity contribution is 7.98. The molecule has 2 rings (SSSR count). The Balaban J connectivity index is 2.07. The van der Waals surface area contributed by atoms with Crippen LogP contribution in [0.3, 0.4) is 0 Å². The number of hydrogen-bond donors (Lipinski definition) is 1. The van der Waals surface area contributed by atoms with Crippen molar-refractivity contribution in [2.75, 3.05) is 17.7 Å². The molecular weight excluding hydrogens is 284 g/mol. The van der Waals surface area contributed by atoms with Crippen molar-refractivity contribution in [3.8, 4) is 0 Å². The number of benzene rings is 1. The van der Waals surface area contributed by atoms with Gasteiger partial charge in [0.15, 0.2) is 0 Å². The van der Waals surface area contributed by atoms with E-state index in [9.17, 15) is 9.59 Å². The van der Waals surface area contributed by atoms with Crippen LogP contribution in [-0.2, 0) is 9.59 Å². The van der Waals surface area contributed by atoms with E-state index in [-0.39, 0.29) is 29.7 Å². The molecule has 1 saturated heterocycles. The van der Waals surface area contributed by atoms with Crippen LogP contribution in [0.5, 0.6) is 0 Å². The second-order valence-corrected chi connectivity index (χ2v) is 7.22. The van der Waals surface area contributed by atoms with Crippen LogP contribution in [0.1, 0.15) is 27.2 Å². The number of hydrogen-bond acceptors (Lipinski definition) is 3. The second-order valence-electron chi connectivity index (χ2n) is 6.34. The third-order valence-corrected chi connectivity index (χ3v) is 4.12. The fraction of sp³-hybridized carbons (Fsp3) is 0.500. The van der Waals surface area contributed by atoms with Crippen molar-refractivity contribution in [2.45, 2.75) is 37.6 Å². The Morgan fingerprint density at radius 2 is 1.90 bits per heavy atom. The van der Waals surface area contributed by atoms with Gasteiger partial charge in [0, 0.05) is 29.1 Å². The molecule has 1 aromatic carbocycles. The van der Waals surface area contributed by atoms with Crippen LogP contribution < -0.4 is 10.2 Å². The van der Waals surface area contributed by atoms with Crippen molar-refractivity contribution in [2.24, 2.45) is 5.92 Å². The van der Waals surface area contributed by atoms with Crippen LogP contribution in [0.2, 0.25) is 0 Å². The lowest BCUT2D eigenvalue weighted by atomic mass is 10.0. The zero-order valence-corrected chi connectivity index (χ0v) is 13.8. The molecule has 4 nitrogen and oxygen atoms in total. The van der Waals surface area contributed by atoms with Gasteiger partial charge in [0.05, 0.1) is 5.92 Å². The van der Waals surface area contributed by atoms with Crippen LogP contribution >= 0.6 is 11.8 Å². The molecule has 1 aliphatic rings. The lowest BCUT2D eigenvalue weighted by Gasteiger charge is -2.23. The molecule has 2 amide bonds. The van der Waals surface area contributed by atoms with Gasteiger partial charge in [-0.1, -0.05) is 0 Å². The molecule has 5 heteroatoms. The van der Waals surface area contributed by atoms with Crippen LogP contribution in [0, 0.1) is 5.92 Å². The fourth-order valence-electron chi connectivity index (χ4n) is 2.37. The summed E-state index contributed by atoms with van der Waals surface area (Å²) in [6.07, 6.45) is 2.30. The number of nitrogens with one attached hydrogen (secondary N) is 1. The Bertz CT molecular complexity index is 534. The highest BCUT2D eigenvalue weighted by Crippen LogP contribution is 2.27. The summed E-state index contributed by atoms with van der Waals surface area (Å²) < 4.78 is 0. The Hall–Kier alpha value is -1.49. The van der Waals surface area contributed by atoms with Gasteiger partial charge in [0.1, 0.15) is 0 Å². The quantitative estimate of drug-likeness (QED) is 0.874. The highest BCUT2D eigenvalue weighted by atomic mass is 32.2. The van der Waals surface area contributed by atoms with Gasteiger partial charge in [-0.05, 0) is 51.3 Å². The molecule has 0 radical (unpaired) electrons. The first-order valence-corrected chi connectivity index (χ1v) is 8.29. The van der Waals surface area contributed by atoms with Crippen molar-refractivity contribution in [3.05, 3.63) is 24.3 Å². The maximum atomic E-state index is 12.2. The summed E-state index contributed by atoms with van der Waals surface area (Å²) in [4.78, 5) is 27.2. The Morgan fingerprint density at radius 3 is 2.43 bits per heavy atom. The van der Waals surface area contributed by atoms with Crippen LogP contribution in [0.15, 0.2) is 29.2 Å². The van der Waals surface area contributed by atoms with Gasteiger partial charge in [0.25, 0.3) is 0 Å². The van der Waals surface area contributed by atoms with Crippen LogP contribution in [0.25, 0.3) is 0 Å². The van der Waals surface area contributed by atoms with Crippen LogP contribution in [-0.4, -0.2) is 30.2 Å². The summed E-state index contributed by atoms with van der Waals surface area (Å²) in [6, 6.07) is 7.87. The van der Waals surface area contributed by atoms with E-state index in [1.165, 1.54) is 0 Å². The third kappa shape index (κ3) is 4.00. The van der Waals surface area contributed by atoms with Crippen molar-refractivity contribution in [3.63, 3.8) is 0 Å². The van der Waals surface area contributed by atoms with Gasteiger partial charge in [-0.3, -0.25) is 9.59 Å². The van der Waals surface area contributed by atoms with E-state index in [0.717, 1.165) is 10.6 Å². The number of thioether (sulfide) groups is 1. The molecule has 0 aromatic heterocycles. The molecular formula is C16H22N2O2S. The summed E-state index contributed by atoms with van der Waals surface area (Å²) >= 11 is 1.67. The zero-order chi connectivity index (χ0) is 15.6. The lowest BCUT2D eigenvalue weighted by Crippen LogP contribution is -2.44. The Morgan fingerprint density at radius 1 is 1.29 bits per heavy atom. The maximum absolute atomic E-state index is 12.2. The van der Waals surface area contributed by atoms with Crippen molar-refractivity contribution >= 4 is 29.3 Å². The Kier molecular flexibility index (Phi) is 4.61. The molecule has 0 unspecified atom stereocenters. The number of carbonyl (C=O) groups is 2. The predicted octanol–water partition coefficient (Wildman–Crippen LogP) is 2.68. The molecule has 0 saturated carbocycles. The van der Waals surface area contributed by atoms with E-state index in [4.69, 9.17) is 0 Å². The van der Waals surface area contributed by atoms with Crippen molar-refractivity contribution in [1.29, 1.82) is 0 Å². The molecule has 1 atom stereocenters. The number of rotatable bonds is 3. The predicted molar refractivity (Wildman–Crippen MR) is 86.6 cm³/mol. The summed E-state index contributed by atoms with van der Waals surface area (Å²) in [5, 5.41) is 2.95. The highest BCUT2D eigenvalue weighted by Gasteiger charge is 2.36. The van der Waals surface area contributed by atoms with Gasteiger partial charge in [-0.25, -0.2) is 0 Å². The van der Waals surface area contributed by atoms with Gasteiger partial charge in [0.2, 0.25) is 11.8 Å². The van der Waals surface area contributed by atoms with E-state index < -0.39 is 0 Å². The first kappa shape index (κ1) is 15.9. The summed E-state index contributed by atoms with van der Waals surface area (Å²) in [5.74, 6) is -0.294. The standard InChI is InChI=1S/C16H22N2O2S/c1-16(2,3)17-15(20)11-9-14(19)18(10-11)12-5-7-13(21-4)8-6-12/h5-8,11H,9-10H2,1-4H3,(H,17,20)/t11-/m0/s1. The summed E-state index contributed by atoms with van der Waals surface area (Å²) in [6.45, 7) is 6.29. The molecule has 114 valence electrons. The van der Waals surface area contributed by atoms with Gasteiger partial charge >= 0.3 is 0 Å². The molecule has 21 heavy (non-hydrogen) atoms. The summed E-state index contributed by atoms with van der Waals surface area (Å²) in [7, 11) is 0. The molecule has 0 aliphatic carbocycles. The van der Waals surface area contributed by atoms with Crippen LogP contribution in [0.4, 0.5) is 5.69 Å². The number of nitrogens with zero attached hydrogens (tertiary/aromatic N) is 1. The molecule has 1 aromatic rings.